The van der Waals surface area contributed by atoms with Crippen LogP contribution in [0, 0.1) is 11.2 Å². The van der Waals surface area contributed by atoms with Crippen molar-refractivity contribution in [2.45, 2.75) is 9.92 Å². The highest BCUT2D eigenvalue weighted by atomic mass is 32.2. The second-order valence-electron chi connectivity index (χ2n) is 3.18. The predicted molar refractivity (Wildman–Crippen MR) is 63.6 cm³/mol. The maximum Gasteiger partial charge on any atom is 0.135 e. The summed E-state index contributed by atoms with van der Waals surface area (Å²) in [6, 6.07) is 6.26. The Morgan fingerprint density at radius 1 is 1.35 bits per heavy atom. The summed E-state index contributed by atoms with van der Waals surface area (Å²) < 4.78 is 13.5. The van der Waals surface area contributed by atoms with Crippen molar-refractivity contribution in [2.75, 3.05) is 0 Å². The third-order valence-corrected chi connectivity index (χ3v) is 3.02. The van der Waals surface area contributed by atoms with Gasteiger partial charge in [0.2, 0.25) is 0 Å². The van der Waals surface area contributed by atoms with Crippen LogP contribution in [0.25, 0.3) is 0 Å². The second kappa shape index (κ2) is 4.92. The molecule has 1 aromatic carbocycles. The van der Waals surface area contributed by atoms with Gasteiger partial charge in [0.25, 0.3) is 0 Å². The smallest absolute Gasteiger partial charge is 0.135 e. The Hall–Kier alpha value is -1.95. The van der Waals surface area contributed by atoms with Crippen molar-refractivity contribution < 1.29 is 4.39 Å². The van der Waals surface area contributed by atoms with Gasteiger partial charge in [0, 0.05) is 11.1 Å². The topological polar surface area (TPSA) is 75.7 Å². The van der Waals surface area contributed by atoms with Crippen LogP contribution in [0.2, 0.25) is 0 Å². The average Bonchev–Trinajstić information content (AvgIpc) is 2.30. The molecule has 0 aliphatic rings. The minimum Gasteiger partial charge on any atom is -0.384 e. The molecule has 0 spiro atoms. The van der Waals surface area contributed by atoms with Crippen molar-refractivity contribution in [1.82, 2.24) is 9.97 Å². The number of nitrogen functional groups attached to an aromatic ring is 1. The number of nitrogens with zero attached hydrogens (tertiary/aromatic N) is 2. The molecule has 2 rings (SSSR count). The Kier molecular flexibility index (Phi) is 3.34. The SMILES string of the molecule is N=C(N)c1c(F)cccc1Sc1ccncn1. The zero-order valence-electron chi connectivity index (χ0n) is 8.72. The largest absolute Gasteiger partial charge is 0.384 e. The van der Waals surface area contributed by atoms with E-state index in [9.17, 15) is 4.39 Å². The molecule has 6 heteroatoms. The van der Waals surface area contributed by atoms with Gasteiger partial charge < -0.3 is 5.73 Å². The van der Waals surface area contributed by atoms with Gasteiger partial charge in [0.15, 0.2) is 0 Å². The molecule has 2 aromatic rings. The summed E-state index contributed by atoms with van der Waals surface area (Å²) in [7, 11) is 0. The van der Waals surface area contributed by atoms with E-state index < -0.39 is 5.82 Å². The minimum absolute atomic E-state index is 0.108. The van der Waals surface area contributed by atoms with Gasteiger partial charge in [0.1, 0.15) is 23.0 Å². The summed E-state index contributed by atoms with van der Waals surface area (Å²) in [5.74, 6) is -0.795. The van der Waals surface area contributed by atoms with Crippen LogP contribution >= 0.6 is 11.8 Å². The van der Waals surface area contributed by atoms with Crippen molar-refractivity contribution in [2.24, 2.45) is 5.73 Å². The van der Waals surface area contributed by atoms with E-state index in [0.717, 1.165) is 0 Å². The Bertz CT molecular complexity index is 544. The molecule has 1 heterocycles. The summed E-state index contributed by atoms with van der Waals surface area (Å²) in [6.07, 6.45) is 3.01. The number of amidine groups is 1. The number of aromatic nitrogens is 2. The van der Waals surface area contributed by atoms with Crippen molar-refractivity contribution >= 4 is 17.6 Å². The first-order valence-corrected chi connectivity index (χ1v) is 5.57. The van der Waals surface area contributed by atoms with Crippen molar-refractivity contribution in [3.05, 3.63) is 48.2 Å². The number of hydrogen-bond donors (Lipinski definition) is 2. The van der Waals surface area contributed by atoms with Gasteiger partial charge in [0.05, 0.1) is 5.56 Å². The van der Waals surface area contributed by atoms with E-state index in [1.165, 1.54) is 24.2 Å². The molecule has 0 saturated heterocycles. The van der Waals surface area contributed by atoms with Gasteiger partial charge in [-0.3, -0.25) is 5.41 Å². The Morgan fingerprint density at radius 3 is 2.82 bits per heavy atom. The zero-order valence-corrected chi connectivity index (χ0v) is 9.54. The van der Waals surface area contributed by atoms with E-state index >= 15 is 0 Å². The van der Waals surface area contributed by atoms with Crippen LogP contribution in [0.4, 0.5) is 4.39 Å². The van der Waals surface area contributed by atoms with E-state index in [1.54, 1.807) is 24.4 Å². The standard InChI is InChI=1S/C11H9FN4S/c12-7-2-1-3-8(10(7)11(13)14)17-9-4-5-15-6-16-9/h1-6H,(H3,13,14). The molecule has 0 aliphatic heterocycles. The quantitative estimate of drug-likeness (QED) is 0.495. The lowest BCUT2D eigenvalue weighted by Crippen LogP contribution is -2.14. The number of nitrogens with two attached hydrogens (primary N) is 1. The van der Waals surface area contributed by atoms with E-state index in [4.69, 9.17) is 11.1 Å². The fourth-order valence-corrected chi connectivity index (χ4v) is 2.21. The Labute approximate surface area is 102 Å². The van der Waals surface area contributed by atoms with Gasteiger partial charge in [-0.2, -0.15) is 0 Å². The summed E-state index contributed by atoms with van der Waals surface area (Å²) >= 11 is 1.24. The number of benzene rings is 1. The summed E-state index contributed by atoms with van der Waals surface area (Å²) in [6.45, 7) is 0. The van der Waals surface area contributed by atoms with E-state index in [1.807, 2.05) is 0 Å². The molecule has 4 nitrogen and oxygen atoms in total. The van der Waals surface area contributed by atoms with E-state index in [-0.39, 0.29) is 11.4 Å². The fraction of sp³-hybridized carbons (Fsp3) is 0. The van der Waals surface area contributed by atoms with Gasteiger partial charge in [-0.25, -0.2) is 14.4 Å². The molecule has 0 radical (unpaired) electrons. The third kappa shape index (κ3) is 2.59. The lowest BCUT2D eigenvalue weighted by molar-refractivity contribution is 0.621. The molecule has 0 atom stereocenters. The van der Waals surface area contributed by atoms with Crippen LogP contribution in [0.15, 0.2) is 46.7 Å². The molecule has 3 N–H and O–H groups in total. The molecule has 0 saturated carbocycles. The Balaban J connectivity index is 2.40. The van der Waals surface area contributed by atoms with Crippen molar-refractivity contribution in [3.63, 3.8) is 0 Å². The maximum absolute atomic E-state index is 13.5. The number of rotatable bonds is 3. The summed E-state index contributed by atoms with van der Waals surface area (Å²) in [5, 5.41) is 8.05. The van der Waals surface area contributed by atoms with Gasteiger partial charge in [-0.1, -0.05) is 17.8 Å². The van der Waals surface area contributed by atoms with Gasteiger partial charge in [-0.15, -0.1) is 0 Å². The highest BCUT2D eigenvalue weighted by Crippen LogP contribution is 2.29. The molecular weight excluding hydrogens is 239 g/mol. The first-order chi connectivity index (χ1) is 8.18. The van der Waals surface area contributed by atoms with E-state index in [0.29, 0.717) is 9.92 Å². The average molecular weight is 248 g/mol. The van der Waals surface area contributed by atoms with Crippen LogP contribution < -0.4 is 5.73 Å². The normalized spacial score (nSPS) is 10.2. The van der Waals surface area contributed by atoms with E-state index in [2.05, 4.69) is 9.97 Å². The van der Waals surface area contributed by atoms with Crippen LogP contribution in [-0.4, -0.2) is 15.8 Å². The monoisotopic (exact) mass is 248 g/mol. The first-order valence-electron chi connectivity index (χ1n) is 4.75. The lowest BCUT2D eigenvalue weighted by atomic mass is 10.2. The molecule has 0 unspecified atom stereocenters. The molecule has 17 heavy (non-hydrogen) atoms. The van der Waals surface area contributed by atoms with Crippen LogP contribution in [0.1, 0.15) is 5.56 Å². The van der Waals surface area contributed by atoms with Gasteiger partial charge >= 0.3 is 0 Å². The van der Waals surface area contributed by atoms with Crippen molar-refractivity contribution in [3.8, 4) is 0 Å². The Morgan fingerprint density at radius 2 is 2.18 bits per heavy atom. The number of nitrogens with one attached hydrogen (secondary N) is 1. The van der Waals surface area contributed by atoms with Gasteiger partial charge in [-0.05, 0) is 18.2 Å². The zero-order chi connectivity index (χ0) is 12.3. The van der Waals surface area contributed by atoms with Crippen LogP contribution in [0.5, 0.6) is 0 Å². The van der Waals surface area contributed by atoms with Crippen LogP contribution in [0.3, 0.4) is 0 Å². The molecule has 0 fully saturated rings. The highest BCUT2D eigenvalue weighted by molar-refractivity contribution is 7.99. The molecule has 0 amide bonds. The van der Waals surface area contributed by atoms with Crippen LogP contribution in [-0.2, 0) is 0 Å². The minimum atomic E-state index is -0.503. The number of halogens is 1. The number of hydrogen-bond acceptors (Lipinski definition) is 4. The third-order valence-electron chi connectivity index (χ3n) is 2.01. The molecule has 86 valence electrons. The molecule has 0 bridgehead atoms. The summed E-state index contributed by atoms with van der Waals surface area (Å²) in [5.41, 5.74) is 5.47. The molecule has 0 aliphatic carbocycles. The summed E-state index contributed by atoms with van der Waals surface area (Å²) in [4.78, 5) is 8.38. The van der Waals surface area contributed by atoms with Crippen molar-refractivity contribution in [1.29, 1.82) is 5.41 Å². The predicted octanol–water partition coefficient (Wildman–Crippen LogP) is 2.05. The lowest BCUT2D eigenvalue weighted by Gasteiger charge is -2.07. The molecular formula is C11H9FN4S. The molecule has 1 aromatic heterocycles. The second-order valence-corrected chi connectivity index (χ2v) is 4.24. The highest BCUT2D eigenvalue weighted by Gasteiger charge is 2.12. The first kappa shape index (κ1) is 11.5. The fourth-order valence-electron chi connectivity index (χ4n) is 1.30. The maximum atomic E-state index is 13.5.